The molecule has 1 aliphatic carbocycles. The van der Waals surface area contributed by atoms with Crippen molar-refractivity contribution in [3.05, 3.63) is 118 Å². The lowest BCUT2D eigenvalue weighted by Crippen LogP contribution is -2.44. The van der Waals surface area contributed by atoms with E-state index in [-0.39, 0.29) is 28.7 Å². The number of carbonyl (C=O) groups is 2. The lowest BCUT2D eigenvalue weighted by atomic mass is 9.95. The van der Waals surface area contributed by atoms with Crippen molar-refractivity contribution >= 4 is 23.3 Å². The van der Waals surface area contributed by atoms with Crippen LogP contribution in [-0.4, -0.2) is 27.9 Å². The number of hydrogen-bond donors (Lipinski definition) is 2. The number of carbonyl (C=O) groups excluding carboxylic acids is 2. The van der Waals surface area contributed by atoms with Crippen molar-refractivity contribution in [2.75, 3.05) is 0 Å². The molecule has 2 amide bonds. The highest BCUT2D eigenvalue weighted by molar-refractivity contribution is 6.08. The molecule has 4 rings (SSSR count). The van der Waals surface area contributed by atoms with E-state index in [2.05, 4.69) is 15.3 Å². The molecule has 8 nitrogen and oxygen atoms in total. The Kier molecular flexibility index (Phi) is 8.80. The number of aliphatic hydroxyl groups is 1. The van der Waals surface area contributed by atoms with Gasteiger partial charge in [0.25, 0.3) is 11.8 Å². The molecule has 1 atom stereocenters. The number of nitrogens with zero attached hydrogens (tertiary/aromatic N) is 4. The highest BCUT2D eigenvalue weighted by Gasteiger charge is 2.35. The lowest BCUT2D eigenvalue weighted by molar-refractivity contribution is -0.120. The Labute approximate surface area is 222 Å². The van der Waals surface area contributed by atoms with E-state index in [1.165, 1.54) is 4.90 Å². The molecule has 1 fully saturated rings. The number of azide groups is 1. The Hall–Kier alpha value is -4.55. The van der Waals surface area contributed by atoms with E-state index >= 15 is 0 Å². The Morgan fingerprint density at radius 2 is 1.55 bits per heavy atom. The normalized spacial score (nSPS) is 15.0. The van der Waals surface area contributed by atoms with Gasteiger partial charge in [0.05, 0.1) is 11.7 Å². The lowest BCUT2D eigenvalue weighted by Gasteiger charge is -2.33. The summed E-state index contributed by atoms with van der Waals surface area (Å²) < 4.78 is 0. The third kappa shape index (κ3) is 6.05. The molecule has 0 bridgehead atoms. The van der Waals surface area contributed by atoms with E-state index in [4.69, 9.17) is 5.53 Å². The fraction of sp³-hybridized carbons (Fsp3) is 0.267. The summed E-state index contributed by atoms with van der Waals surface area (Å²) in [6.45, 7) is 1.80. The Morgan fingerprint density at radius 1 is 0.947 bits per heavy atom. The van der Waals surface area contributed by atoms with Crippen molar-refractivity contribution in [2.45, 2.75) is 51.1 Å². The predicted octanol–water partition coefficient (Wildman–Crippen LogP) is 7.21. The second-order valence-electron chi connectivity index (χ2n) is 9.34. The first-order valence-electron chi connectivity index (χ1n) is 12.8. The minimum Gasteiger partial charge on any atom is -0.505 e. The highest BCUT2D eigenvalue weighted by Crippen LogP contribution is 2.33. The first kappa shape index (κ1) is 26.5. The van der Waals surface area contributed by atoms with E-state index in [1.807, 2.05) is 36.4 Å². The summed E-state index contributed by atoms with van der Waals surface area (Å²) in [6.07, 6.45) is 4.82. The molecule has 1 saturated carbocycles. The van der Waals surface area contributed by atoms with Crippen LogP contribution in [0.5, 0.6) is 0 Å². The van der Waals surface area contributed by atoms with Gasteiger partial charge in [0.1, 0.15) is 0 Å². The van der Waals surface area contributed by atoms with Crippen LogP contribution in [0.3, 0.4) is 0 Å². The van der Waals surface area contributed by atoms with Gasteiger partial charge in [0.2, 0.25) is 0 Å². The maximum absolute atomic E-state index is 14.2. The van der Waals surface area contributed by atoms with Gasteiger partial charge in [-0.05, 0) is 36.9 Å². The summed E-state index contributed by atoms with van der Waals surface area (Å²) in [6, 6.07) is 23.7. The summed E-state index contributed by atoms with van der Waals surface area (Å²) in [4.78, 5) is 32.4. The molecule has 0 heterocycles. The van der Waals surface area contributed by atoms with Crippen LogP contribution in [0.25, 0.3) is 16.2 Å². The van der Waals surface area contributed by atoms with E-state index in [9.17, 15) is 14.7 Å². The van der Waals surface area contributed by atoms with Crippen molar-refractivity contribution in [3.8, 4) is 0 Å². The van der Waals surface area contributed by atoms with Gasteiger partial charge in [-0.1, -0.05) is 103 Å². The predicted molar refractivity (Wildman–Crippen MR) is 147 cm³/mol. The number of amides is 2. The maximum atomic E-state index is 14.2. The van der Waals surface area contributed by atoms with Gasteiger partial charge >= 0.3 is 0 Å². The first-order valence-corrected chi connectivity index (χ1v) is 12.8. The number of rotatable bonds is 8. The summed E-state index contributed by atoms with van der Waals surface area (Å²) in [5, 5.41) is 18.3. The van der Waals surface area contributed by atoms with Gasteiger partial charge in [-0.25, -0.2) is 0 Å². The molecule has 0 aliphatic heterocycles. The van der Waals surface area contributed by atoms with Gasteiger partial charge in [0.15, 0.2) is 11.5 Å². The van der Waals surface area contributed by atoms with Gasteiger partial charge < -0.3 is 10.4 Å². The molecular formula is C30H31N5O3. The van der Waals surface area contributed by atoms with Crippen molar-refractivity contribution in [1.82, 2.24) is 10.2 Å². The largest absolute Gasteiger partial charge is 0.505 e. The number of hydrogen-bond acceptors (Lipinski definition) is 4. The first-order chi connectivity index (χ1) is 18.5. The molecule has 3 aromatic carbocycles. The topological polar surface area (TPSA) is 118 Å². The summed E-state index contributed by atoms with van der Waals surface area (Å²) in [5.74, 6) is -1.41. The van der Waals surface area contributed by atoms with Crippen LogP contribution in [-0.2, 0) is 4.79 Å². The van der Waals surface area contributed by atoms with E-state index in [1.54, 1.807) is 55.5 Å². The number of benzene rings is 3. The minimum absolute atomic E-state index is 0.0470. The molecule has 0 radical (unpaired) electrons. The zero-order valence-electron chi connectivity index (χ0n) is 21.3. The molecule has 38 heavy (non-hydrogen) atoms. The van der Waals surface area contributed by atoms with Gasteiger partial charge in [-0.15, -0.1) is 0 Å². The monoisotopic (exact) mass is 509 g/mol. The quantitative estimate of drug-likeness (QED) is 0.110. The van der Waals surface area contributed by atoms with Crippen LogP contribution in [0.4, 0.5) is 5.69 Å². The molecule has 0 saturated heterocycles. The molecular weight excluding hydrogens is 478 g/mol. The molecule has 0 aromatic heterocycles. The molecule has 0 spiro atoms. The van der Waals surface area contributed by atoms with Crippen LogP contribution < -0.4 is 5.32 Å². The fourth-order valence-electron chi connectivity index (χ4n) is 4.84. The molecule has 8 heteroatoms. The van der Waals surface area contributed by atoms with Crippen LogP contribution in [0.2, 0.25) is 0 Å². The third-order valence-corrected chi connectivity index (χ3v) is 6.84. The number of aliphatic hydroxyl groups excluding tert-OH is 1. The fourth-order valence-corrected chi connectivity index (χ4v) is 4.84. The Bertz CT molecular complexity index is 1340. The third-order valence-electron chi connectivity index (χ3n) is 6.84. The van der Waals surface area contributed by atoms with Crippen LogP contribution in [0, 0.1) is 0 Å². The molecule has 2 N–H and O–H groups in total. The van der Waals surface area contributed by atoms with Crippen molar-refractivity contribution < 1.29 is 14.7 Å². The summed E-state index contributed by atoms with van der Waals surface area (Å²) in [5.41, 5.74) is 10.4. The zero-order chi connectivity index (χ0) is 26.9. The highest BCUT2D eigenvalue weighted by atomic mass is 16.3. The molecule has 194 valence electrons. The van der Waals surface area contributed by atoms with E-state index < -0.39 is 17.9 Å². The van der Waals surface area contributed by atoms with Crippen LogP contribution >= 0.6 is 0 Å². The SMILES string of the molecule is C[C@@H](c1ccccc1)N(C(=O)c1ccccc1N=[N+]=[N-])/C(C(=O)NC1CCCCC1)=C(\O)c1ccccc1. The molecule has 0 unspecified atom stereocenters. The van der Waals surface area contributed by atoms with Crippen LogP contribution in [0.15, 0.2) is 95.7 Å². The second kappa shape index (κ2) is 12.6. The average Bonchev–Trinajstić information content (AvgIpc) is 2.96. The van der Waals surface area contributed by atoms with Crippen molar-refractivity contribution in [2.24, 2.45) is 5.11 Å². The Morgan fingerprint density at radius 3 is 2.21 bits per heavy atom. The van der Waals surface area contributed by atoms with Gasteiger partial charge in [0, 0.05) is 22.1 Å². The van der Waals surface area contributed by atoms with E-state index in [0.29, 0.717) is 5.56 Å². The van der Waals surface area contributed by atoms with Crippen molar-refractivity contribution in [1.29, 1.82) is 0 Å². The van der Waals surface area contributed by atoms with Gasteiger partial charge in [-0.2, -0.15) is 0 Å². The van der Waals surface area contributed by atoms with Crippen LogP contribution in [0.1, 0.15) is 66.6 Å². The van der Waals surface area contributed by atoms with Crippen molar-refractivity contribution in [3.63, 3.8) is 0 Å². The van der Waals surface area contributed by atoms with E-state index in [0.717, 1.165) is 37.7 Å². The zero-order valence-corrected chi connectivity index (χ0v) is 21.3. The number of nitrogens with one attached hydrogen (secondary N) is 1. The van der Waals surface area contributed by atoms with Gasteiger partial charge in [-0.3, -0.25) is 14.5 Å². The average molecular weight is 510 g/mol. The maximum Gasteiger partial charge on any atom is 0.272 e. The smallest absolute Gasteiger partial charge is 0.272 e. The second-order valence-corrected chi connectivity index (χ2v) is 9.34. The molecule has 3 aromatic rings. The standard InChI is InChI=1S/C30H31N5O3/c1-21(22-13-5-2-6-14-22)35(30(38)25-19-11-12-20-26(25)33-34-31)27(28(36)23-15-7-3-8-16-23)29(37)32-24-17-9-4-10-18-24/h2-3,5-8,11-16,19-21,24,36H,4,9-10,17-18H2,1H3,(H,32,37)/b28-27-/t21-/m0/s1. The summed E-state index contributed by atoms with van der Waals surface area (Å²) in [7, 11) is 0. The summed E-state index contributed by atoms with van der Waals surface area (Å²) >= 11 is 0. The Balaban J connectivity index is 1.90. The molecule has 1 aliphatic rings. The minimum atomic E-state index is -0.638.